The lowest BCUT2D eigenvalue weighted by Crippen LogP contribution is -2.27. The van der Waals surface area contributed by atoms with Crippen LogP contribution in [0.1, 0.15) is 35.0 Å². The summed E-state index contributed by atoms with van der Waals surface area (Å²) in [5.74, 6) is 2.05. The normalized spacial score (nSPS) is 11.7. The molecule has 0 saturated carbocycles. The SMILES string of the molecule is Cc1ncc(-c2ccc(C(=O)Nc3nc4cc(COc5ccccc5)ccc4n3CC(C)(C)O)s2)o1. The number of hydrogen-bond acceptors (Lipinski definition) is 7. The van der Waals surface area contributed by atoms with Crippen LogP contribution in [0.5, 0.6) is 5.75 Å². The van der Waals surface area contributed by atoms with Crippen LogP contribution >= 0.6 is 11.3 Å². The first-order valence-corrected chi connectivity index (χ1v) is 12.3. The van der Waals surface area contributed by atoms with E-state index in [0.717, 1.165) is 21.7 Å². The van der Waals surface area contributed by atoms with Gasteiger partial charge in [0.15, 0.2) is 11.7 Å². The first kappa shape index (κ1) is 23.8. The lowest BCUT2D eigenvalue weighted by molar-refractivity contribution is 0.0630. The smallest absolute Gasteiger partial charge is 0.268 e. The molecule has 0 spiro atoms. The zero-order valence-corrected chi connectivity index (χ0v) is 21.0. The van der Waals surface area contributed by atoms with Crippen molar-refractivity contribution in [1.29, 1.82) is 0 Å². The molecule has 5 aromatic rings. The highest BCUT2D eigenvalue weighted by atomic mass is 32.1. The minimum Gasteiger partial charge on any atom is -0.489 e. The number of aliphatic hydroxyl groups is 1. The minimum absolute atomic E-state index is 0.256. The van der Waals surface area contributed by atoms with Crippen molar-refractivity contribution in [3.8, 4) is 16.4 Å². The van der Waals surface area contributed by atoms with Gasteiger partial charge in [0, 0.05) is 6.92 Å². The molecule has 0 bridgehead atoms. The molecule has 0 aliphatic carbocycles. The average Bonchev–Trinajstić information content (AvgIpc) is 3.57. The number of carbonyl (C=O) groups is 1. The number of ether oxygens (including phenoxy) is 1. The summed E-state index contributed by atoms with van der Waals surface area (Å²) in [5.41, 5.74) is 1.44. The summed E-state index contributed by atoms with van der Waals surface area (Å²) in [6, 6.07) is 19.0. The van der Waals surface area contributed by atoms with Gasteiger partial charge in [-0.05, 0) is 55.8 Å². The van der Waals surface area contributed by atoms with Crippen LogP contribution in [0.4, 0.5) is 5.95 Å². The Morgan fingerprint density at radius 1 is 1.17 bits per heavy atom. The number of imidazole rings is 1. The summed E-state index contributed by atoms with van der Waals surface area (Å²) < 4.78 is 13.3. The molecular formula is C27H26N4O4S. The third kappa shape index (κ3) is 5.32. The maximum absolute atomic E-state index is 13.1. The molecule has 0 unspecified atom stereocenters. The van der Waals surface area contributed by atoms with Crippen molar-refractivity contribution < 1.29 is 19.1 Å². The van der Waals surface area contributed by atoms with E-state index in [1.54, 1.807) is 33.0 Å². The van der Waals surface area contributed by atoms with Crippen molar-refractivity contribution in [3.63, 3.8) is 0 Å². The highest BCUT2D eigenvalue weighted by molar-refractivity contribution is 7.17. The Bertz CT molecular complexity index is 1510. The van der Waals surface area contributed by atoms with Gasteiger partial charge in [-0.3, -0.25) is 10.1 Å². The molecule has 2 aromatic carbocycles. The summed E-state index contributed by atoms with van der Waals surface area (Å²) in [6.45, 7) is 5.86. The van der Waals surface area contributed by atoms with Crippen LogP contribution in [0.2, 0.25) is 0 Å². The predicted octanol–water partition coefficient (Wildman–Crippen LogP) is 5.66. The summed E-state index contributed by atoms with van der Waals surface area (Å²) in [7, 11) is 0. The van der Waals surface area contributed by atoms with Gasteiger partial charge >= 0.3 is 0 Å². The number of nitrogens with one attached hydrogen (secondary N) is 1. The first-order chi connectivity index (χ1) is 17.2. The van der Waals surface area contributed by atoms with Gasteiger partial charge in [-0.1, -0.05) is 24.3 Å². The number of aromatic nitrogens is 3. The minimum atomic E-state index is -1.01. The Hall–Kier alpha value is -3.95. The topological polar surface area (TPSA) is 102 Å². The summed E-state index contributed by atoms with van der Waals surface area (Å²) >= 11 is 1.31. The van der Waals surface area contributed by atoms with Gasteiger partial charge < -0.3 is 18.8 Å². The fourth-order valence-electron chi connectivity index (χ4n) is 3.82. The number of carbonyl (C=O) groups excluding carboxylic acids is 1. The summed E-state index contributed by atoms with van der Waals surface area (Å²) in [5, 5.41) is 13.4. The molecule has 0 aliphatic rings. The van der Waals surface area contributed by atoms with E-state index in [-0.39, 0.29) is 12.5 Å². The molecule has 1 amide bonds. The third-order valence-corrected chi connectivity index (χ3v) is 6.52. The molecule has 36 heavy (non-hydrogen) atoms. The van der Waals surface area contributed by atoms with Crippen LogP contribution in [0.25, 0.3) is 21.7 Å². The number of anilines is 1. The van der Waals surface area contributed by atoms with E-state index >= 15 is 0 Å². The zero-order chi connectivity index (χ0) is 25.3. The molecule has 9 heteroatoms. The van der Waals surface area contributed by atoms with Crippen LogP contribution < -0.4 is 10.1 Å². The third-order valence-electron chi connectivity index (χ3n) is 5.43. The number of aryl methyl sites for hydroxylation is 1. The molecule has 184 valence electrons. The quantitative estimate of drug-likeness (QED) is 0.284. The number of benzene rings is 2. The van der Waals surface area contributed by atoms with Gasteiger partial charge in [0.2, 0.25) is 5.95 Å². The molecule has 0 aliphatic heterocycles. The van der Waals surface area contributed by atoms with Crippen molar-refractivity contribution >= 4 is 34.2 Å². The number of oxazole rings is 1. The Labute approximate surface area is 212 Å². The van der Waals surface area contributed by atoms with Crippen LogP contribution in [0.15, 0.2) is 71.3 Å². The van der Waals surface area contributed by atoms with E-state index < -0.39 is 5.60 Å². The Morgan fingerprint density at radius 3 is 2.69 bits per heavy atom. The lowest BCUT2D eigenvalue weighted by atomic mass is 10.1. The van der Waals surface area contributed by atoms with E-state index in [2.05, 4.69) is 15.3 Å². The Morgan fingerprint density at radius 2 is 1.97 bits per heavy atom. The monoisotopic (exact) mass is 502 g/mol. The molecule has 8 nitrogen and oxygen atoms in total. The summed E-state index contributed by atoms with van der Waals surface area (Å²) in [6.07, 6.45) is 1.64. The molecule has 0 saturated heterocycles. The van der Waals surface area contributed by atoms with Crippen molar-refractivity contribution in [1.82, 2.24) is 14.5 Å². The first-order valence-electron chi connectivity index (χ1n) is 11.5. The van der Waals surface area contributed by atoms with Crippen molar-refractivity contribution in [2.24, 2.45) is 0 Å². The van der Waals surface area contributed by atoms with E-state index in [1.165, 1.54) is 11.3 Å². The zero-order valence-electron chi connectivity index (χ0n) is 20.2. The number of amides is 1. The number of fused-ring (bicyclic) bond motifs is 1. The summed E-state index contributed by atoms with van der Waals surface area (Å²) in [4.78, 5) is 23.2. The fraction of sp³-hybridized carbons (Fsp3) is 0.222. The standard InChI is InChI=1S/C27H26N4O4S/c1-17-28-14-22(35-17)23-11-12-24(36-23)25(32)30-26-29-20-13-18(15-34-19-7-5-4-6-8-19)9-10-21(20)31(26)16-27(2,3)33/h4-14,33H,15-16H2,1-3H3,(H,29,30,32). The van der Waals surface area contributed by atoms with Crippen molar-refractivity contribution in [3.05, 3.63) is 83.2 Å². The molecule has 3 aromatic heterocycles. The average molecular weight is 503 g/mol. The Kier molecular flexibility index (Phi) is 6.34. The number of nitrogens with zero attached hydrogens (tertiary/aromatic N) is 3. The molecular weight excluding hydrogens is 476 g/mol. The van der Waals surface area contributed by atoms with E-state index in [1.807, 2.05) is 59.2 Å². The van der Waals surface area contributed by atoms with Gasteiger partial charge in [0.05, 0.1) is 39.1 Å². The number of para-hydroxylation sites is 1. The van der Waals surface area contributed by atoms with Gasteiger partial charge in [0.1, 0.15) is 12.4 Å². The van der Waals surface area contributed by atoms with E-state index in [4.69, 9.17) is 9.15 Å². The Balaban J connectivity index is 1.41. The van der Waals surface area contributed by atoms with Gasteiger partial charge in [-0.25, -0.2) is 9.97 Å². The van der Waals surface area contributed by atoms with Crippen LogP contribution in [-0.4, -0.2) is 31.1 Å². The largest absolute Gasteiger partial charge is 0.489 e. The molecule has 0 fully saturated rings. The number of hydrogen-bond donors (Lipinski definition) is 2. The van der Waals surface area contributed by atoms with Crippen LogP contribution in [0, 0.1) is 6.92 Å². The van der Waals surface area contributed by atoms with Gasteiger partial charge in [-0.2, -0.15) is 0 Å². The molecule has 3 heterocycles. The molecule has 5 rings (SSSR count). The second kappa shape index (κ2) is 9.60. The predicted molar refractivity (Wildman–Crippen MR) is 139 cm³/mol. The lowest BCUT2D eigenvalue weighted by Gasteiger charge is -2.20. The fourth-order valence-corrected chi connectivity index (χ4v) is 4.67. The molecule has 2 N–H and O–H groups in total. The second-order valence-corrected chi connectivity index (χ2v) is 10.2. The van der Waals surface area contributed by atoms with Gasteiger partial charge in [-0.15, -0.1) is 11.3 Å². The van der Waals surface area contributed by atoms with Crippen LogP contribution in [-0.2, 0) is 13.2 Å². The maximum Gasteiger partial charge on any atom is 0.268 e. The van der Waals surface area contributed by atoms with Crippen LogP contribution in [0.3, 0.4) is 0 Å². The number of rotatable bonds is 8. The molecule has 0 radical (unpaired) electrons. The van der Waals surface area contributed by atoms with E-state index in [9.17, 15) is 9.90 Å². The van der Waals surface area contributed by atoms with Crippen molar-refractivity contribution in [2.75, 3.05) is 5.32 Å². The van der Waals surface area contributed by atoms with Crippen molar-refractivity contribution in [2.45, 2.75) is 39.5 Å². The number of thiophene rings is 1. The highest BCUT2D eigenvalue weighted by Gasteiger charge is 2.22. The highest BCUT2D eigenvalue weighted by Crippen LogP contribution is 2.30. The maximum atomic E-state index is 13.1. The van der Waals surface area contributed by atoms with E-state index in [0.29, 0.717) is 34.6 Å². The molecule has 0 atom stereocenters. The van der Waals surface area contributed by atoms with Gasteiger partial charge in [0.25, 0.3) is 5.91 Å². The second-order valence-electron chi connectivity index (χ2n) is 9.12.